The van der Waals surface area contributed by atoms with Gasteiger partial charge in [-0.15, -0.1) is 0 Å². The van der Waals surface area contributed by atoms with E-state index in [1.807, 2.05) is 50.4 Å². The molecule has 1 N–H and O–H groups in total. The fourth-order valence-corrected chi connectivity index (χ4v) is 2.49. The first-order valence-corrected chi connectivity index (χ1v) is 7.26. The second kappa shape index (κ2) is 6.35. The molecule has 0 aliphatic carbocycles. The van der Waals surface area contributed by atoms with Crippen molar-refractivity contribution < 1.29 is 0 Å². The average Bonchev–Trinajstić information content (AvgIpc) is 2.53. The molecule has 0 fully saturated rings. The third kappa shape index (κ3) is 3.28. The molecule has 0 unspecified atom stereocenters. The van der Waals surface area contributed by atoms with Crippen molar-refractivity contribution in [2.45, 2.75) is 19.9 Å². The summed E-state index contributed by atoms with van der Waals surface area (Å²) < 4.78 is 0. The van der Waals surface area contributed by atoms with Gasteiger partial charge in [0.2, 0.25) is 0 Å². The van der Waals surface area contributed by atoms with Gasteiger partial charge in [0.05, 0.1) is 6.04 Å². The van der Waals surface area contributed by atoms with Crippen molar-refractivity contribution in [3.63, 3.8) is 0 Å². The highest BCUT2D eigenvalue weighted by Gasteiger charge is 2.15. The summed E-state index contributed by atoms with van der Waals surface area (Å²) in [4.78, 5) is 13.0. The van der Waals surface area contributed by atoms with Gasteiger partial charge < -0.3 is 5.32 Å². The quantitative estimate of drug-likeness (QED) is 0.796. The molecule has 1 aromatic carbocycles. The molecule has 110 valence electrons. The second-order valence-electron chi connectivity index (χ2n) is 5.22. The number of nitrogens with zero attached hydrogens (tertiary/aromatic N) is 3. The summed E-state index contributed by atoms with van der Waals surface area (Å²) >= 11 is 0. The fourth-order valence-electron chi connectivity index (χ4n) is 2.49. The number of hydrogen-bond donors (Lipinski definition) is 1. The van der Waals surface area contributed by atoms with E-state index >= 15 is 0 Å². The van der Waals surface area contributed by atoms with Gasteiger partial charge >= 0.3 is 0 Å². The molecular formula is C18H18N4. The first-order chi connectivity index (χ1) is 10.7. The Balaban J connectivity index is 1.99. The zero-order chi connectivity index (χ0) is 15.4. The van der Waals surface area contributed by atoms with E-state index in [9.17, 15) is 0 Å². The highest BCUT2D eigenvalue weighted by Crippen LogP contribution is 2.25. The minimum absolute atomic E-state index is 0.00333. The largest absolute Gasteiger partial charge is 0.359 e. The molecule has 4 nitrogen and oxygen atoms in total. The van der Waals surface area contributed by atoms with Gasteiger partial charge in [-0.1, -0.05) is 36.4 Å². The Morgan fingerprint density at radius 1 is 0.909 bits per heavy atom. The number of benzene rings is 1. The number of aromatic nitrogens is 3. The zero-order valence-electron chi connectivity index (χ0n) is 12.7. The third-order valence-corrected chi connectivity index (χ3v) is 3.41. The summed E-state index contributed by atoms with van der Waals surface area (Å²) in [7, 11) is 0. The van der Waals surface area contributed by atoms with E-state index in [1.54, 1.807) is 6.20 Å². The summed E-state index contributed by atoms with van der Waals surface area (Å²) in [5.41, 5.74) is 3.22. The topological polar surface area (TPSA) is 50.7 Å². The van der Waals surface area contributed by atoms with Gasteiger partial charge in [0.15, 0.2) is 0 Å². The lowest BCUT2D eigenvalue weighted by Crippen LogP contribution is -2.14. The number of anilines is 1. The van der Waals surface area contributed by atoms with Crippen LogP contribution < -0.4 is 5.32 Å². The lowest BCUT2D eigenvalue weighted by molar-refractivity contribution is 0.900. The minimum atomic E-state index is 0.00333. The minimum Gasteiger partial charge on any atom is -0.359 e. The Kier molecular flexibility index (Phi) is 4.10. The SMILES string of the molecule is Cc1cc(N[C@H](c2ccccc2)c2cccnc2)nc(C)n1. The van der Waals surface area contributed by atoms with Crippen LogP contribution in [0.3, 0.4) is 0 Å². The molecule has 0 aliphatic heterocycles. The van der Waals surface area contributed by atoms with Crippen LogP contribution in [0.15, 0.2) is 60.9 Å². The van der Waals surface area contributed by atoms with E-state index < -0.39 is 0 Å². The van der Waals surface area contributed by atoms with Gasteiger partial charge in [0, 0.05) is 24.2 Å². The molecule has 0 aliphatic rings. The molecule has 0 saturated heterocycles. The number of pyridine rings is 1. The molecule has 0 bridgehead atoms. The molecule has 3 aromatic rings. The first kappa shape index (κ1) is 14.2. The van der Waals surface area contributed by atoms with Crippen LogP contribution in [0.5, 0.6) is 0 Å². The van der Waals surface area contributed by atoms with Crippen molar-refractivity contribution in [2.24, 2.45) is 0 Å². The molecule has 3 rings (SSSR count). The summed E-state index contributed by atoms with van der Waals surface area (Å²) in [5, 5.41) is 3.50. The van der Waals surface area contributed by atoms with Gasteiger partial charge in [-0.25, -0.2) is 9.97 Å². The summed E-state index contributed by atoms with van der Waals surface area (Å²) in [6.45, 7) is 3.88. The van der Waals surface area contributed by atoms with Crippen molar-refractivity contribution in [3.8, 4) is 0 Å². The maximum Gasteiger partial charge on any atom is 0.130 e. The lowest BCUT2D eigenvalue weighted by atomic mass is 10.0. The molecule has 22 heavy (non-hydrogen) atoms. The molecule has 0 radical (unpaired) electrons. The molecular weight excluding hydrogens is 272 g/mol. The third-order valence-electron chi connectivity index (χ3n) is 3.41. The molecule has 0 saturated carbocycles. The lowest BCUT2D eigenvalue weighted by Gasteiger charge is -2.20. The van der Waals surface area contributed by atoms with Crippen molar-refractivity contribution in [1.82, 2.24) is 15.0 Å². The van der Waals surface area contributed by atoms with Crippen LogP contribution in [0, 0.1) is 13.8 Å². The number of nitrogens with one attached hydrogen (secondary N) is 1. The van der Waals surface area contributed by atoms with Crippen LogP contribution in [-0.4, -0.2) is 15.0 Å². The highest BCUT2D eigenvalue weighted by atomic mass is 15.0. The van der Waals surface area contributed by atoms with E-state index in [0.29, 0.717) is 0 Å². The smallest absolute Gasteiger partial charge is 0.130 e. The molecule has 0 amide bonds. The Morgan fingerprint density at radius 3 is 2.36 bits per heavy atom. The summed E-state index contributed by atoms with van der Waals surface area (Å²) in [5.74, 6) is 1.59. The van der Waals surface area contributed by atoms with E-state index in [4.69, 9.17) is 0 Å². The van der Waals surface area contributed by atoms with E-state index in [0.717, 1.165) is 22.9 Å². The predicted molar refractivity (Wildman–Crippen MR) is 87.7 cm³/mol. The number of rotatable bonds is 4. The average molecular weight is 290 g/mol. The van der Waals surface area contributed by atoms with Crippen LogP contribution in [0.4, 0.5) is 5.82 Å². The molecule has 0 spiro atoms. The van der Waals surface area contributed by atoms with Gasteiger partial charge in [-0.2, -0.15) is 0 Å². The Bertz CT molecular complexity index is 682. The predicted octanol–water partition coefficient (Wildman–Crippen LogP) is 3.69. The van der Waals surface area contributed by atoms with Crippen LogP contribution in [0.25, 0.3) is 0 Å². The monoisotopic (exact) mass is 290 g/mol. The Labute approximate surface area is 130 Å². The van der Waals surface area contributed by atoms with Crippen LogP contribution in [0.2, 0.25) is 0 Å². The van der Waals surface area contributed by atoms with Gasteiger partial charge in [-0.3, -0.25) is 4.98 Å². The van der Waals surface area contributed by atoms with E-state index in [-0.39, 0.29) is 6.04 Å². The van der Waals surface area contributed by atoms with E-state index in [1.165, 1.54) is 5.56 Å². The summed E-state index contributed by atoms with van der Waals surface area (Å²) in [6.07, 6.45) is 3.66. The first-order valence-electron chi connectivity index (χ1n) is 7.26. The van der Waals surface area contributed by atoms with Crippen LogP contribution >= 0.6 is 0 Å². The Morgan fingerprint density at radius 2 is 1.68 bits per heavy atom. The fraction of sp³-hybridized carbons (Fsp3) is 0.167. The second-order valence-corrected chi connectivity index (χ2v) is 5.22. The molecule has 2 heterocycles. The molecule has 2 aromatic heterocycles. The van der Waals surface area contributed by atoms with E-state index in [2.05, 4.69) is 38.5 Å². The van der Waals surface area contributed by atoms with Crippen molar-refractivity contribution in [1.29, 1.82) is 0 Å². The normalized spacial score (nSPS) is 11.9. The number of aryl methyl sites for hydroxylation is 2. The van der Waals surface area contributed by atoms with Crippen LogP contribution in [0.1, 0.15) is 28.7 Å². The Hall–Kier alpha value is -2.75. The van der Waals surface area contributed by atoms with Crippen molar-refractivity contribution >= 4 is 5.82 Å². The summed E-state index contributed by atoms with van der Waals surface area (Å²) in [6, 6.07) is 16.3. The molecule has 1 atom stereocenters. The molecule has 4 heteroatoms. The maximum atomic E-state index is 4.48. The number of hydrogen-bond acceptors (Lipinski definition) is 4. The standard InChI is InChI=1S/C18H18N4/c1-13-11-17(21-14(2)20-13)22-18(15-7-4-3-5-8-15)16-9-6-10-19-12-16/h3-12,18H,1-2H3,(H,20,21,22)/t18-/m1/s1. The maximum absolute atomic E-state index is 4.48. The van der Waals surface area contributed by atoms with Gasteiger partial charge in [-0.05, 0) is 31.0 Å². The van der Waals surface area contributed by atoms with Crippen molar-refractivity contribution in [3.05, 3.63) is 83.6 Å². The van der Waals surface area contributed by atoms with Crippen molar-refractivity contribution in [2.75, 3.05) is 5.32 Å². The van der Waals surface area contributed by atoms with Gasteiger partial charge in [0.1, 0.15) is 11.6 Å². The van der Waals surface area contributed by atoms with Crippen LogP contribution in [-0.2, 0) is 0 Å². The van der Waals surface area contributed by atoms with Gasteiger partial charge in [0.25, 0.3) is 0 Å². The highest BCUT2D eigenvalue weighted by molar-refractivity contribution is 5.44. The zero-order valence-corrected chi connectivity index (χ0v) is 12.7.